The third-order valence-electron chi connectivity index (χ3n) is 4.17. The fourth-order valence-electron chi connectivity index (χ4n) is 2.70. The maximum absolute atomic E-state index is 13.0. The zero-order valence-electron chi connectivity index (χ0n) is 15.3. The van der Waals surface area contributed by atoms with E-state index in [0.717, 1.165) is 5.56 Å². The average Bonchev–Trinajstić information content (AvgIpc) is 3.16. The molecule has 2 aromatic carbocycles. The van der Waals surface area contributed by atoms with Crippen molar-refractivity contribution in [2.45, 2.75) is 18.4 Å². The molecule has 0 bridgehead atoms. The highest BCUT2D eigenvalue weighted by molar-refractivity contribution is 7.92. The van der Waals surface area contributed by atoms with Crippen LogP contribution < -0.4 is 4.72 Å². The van der Waals surface area contributed by atoms with Gasteiger partial charge < -0.3 is 4.90 Å². The van der Waals surface area contributed by atoms with E-state index in [1.807, 2.05) is 16.8 Å². The summed E-state index contributed by atoms with van der Waals surface area (Å²) in [5.41, 5.74) is 2.04. The lowest BCUT2D eigenvalue weighted by atomic mass is 10.1. The predicted octanol–water partition coefficient (Wildman–Crippen LogP) is 4.27. The second-order valence-electron chi connectivity index (χ2n) is 6.39. The SMILES string of the molecule is Cc1ccc(C(=O)N(C)Cc2ccsc2)cc1S(=O)(=O)Nc1ccc(F)cc1. The van der Waals surface area contributed by atoms with E-state index in [1.54, 1.807) is 37.4 Å². The molecule has 3 aromatic rings. The van der Waals surface area contributed by atoms with Gasteiger partial charge in [0.25, 0.3) is 15.9 Å². The van der Waals surface area contributed by atoms with Gasteiger partial charge >= 0.3 is 0 Å². The van der Waals surface area contributed by atoms with E-state index in [9.17, 15) is 17.6 Å². The molecule has 0 saturated carbocycles. The second-order valence-corrected chi connectivity index (χ2v) is 8.82. The molecule has 0 atom stereocenters. The first-order chi connectivity index (χ1) is 13.3. The van der Waals surface area contributed by atoms with Gasteiger partial charge in [-0.3, -0.25) is 9.52 Å². The Kier molecular flexibility index (Phi) is 5.81. The van der Waals surface area contributed by atoms with Crippen molar-refractivity contribution >= 4 is 33.0 Å². The van der Waals surface area contributed by atoms with Crippen molar-refractivity contribution in [3.63, 3.8) is 0 Å². The number of carbonyl (C=O) groups excluding carboxylic acids is 1. The molecule has 0 radical (unpaired) electrons. The van der Waals surface area contributed by atoms with E-state index >= 15 is 0 Å². The van der Waals surface area contributed by atoms with Gasteiger partial charge in [0.15, 0.2) is 0 Å². The third kappa shape index (κ3) is 4.58. The van der Waals surface area contributed by atoms with Crippen LogP contribution in [-0.4, -0.2) is 26.3 Å². The van der Waals surface area contributed by atoms with Crippen molar-refractivity contribution in [3.05, 3.63) is 81.8 Å². The van der Waals surface area contributed by atoms with Crippen LogP contribution in [0.25, 0.3) is 0 Å². The number of benzene rings is 2. The molecule has 0 aliphatic heterocycles. The first-order valence-electron chi connectivity index (χ1n) is 8.42. The van der Waals surface area contributed by atoms with Gasteiger partial charge in [0.1, 0.15) is 5.82 Å². The summed E-state index contributed by atoms with van der Waals surface area (Å²) >= 11 is 1.55. The van der Waals surface area contributed by atoms with Gasteiger partial charge in [0.2, 0.25) is 0 Å². The number of carbonyl (C=O) groups is 1. The van der Waals surface area contributed by atoms with Gasteiger partial charge in [-0.25, -0.2) is 12.8 Å². The van der Waals surface area contributed by atoms with Gasteiger partial charge in [-0.05, 0) is 71.3 Å². The van der Waals surface area contributed by atoms with E-state index in [0.29, 0.717) is 12.1 Å². The van der Waals surface area contributed by atoms with Crippen LogP contribution in [0.3, 0.4) is 0 Å². The molecular formula is C20H19FN2O3S2. The summed E-state index contributed by atoms with van der Waals surface area (Å²) in [4.78, 5) is 14.3. The summed E-state index contributed by atoms with van der Waals surface area (Å²) in [5.74, 6) is -0.732. The number of halogens is 1. The zero-order valence-corrected chi connectivity index (χ0v) is 17.0. The number of anilines is 1. The quantitative estimate of drug-likeness (QED) is 0.650. The summed E-state index contributed by atoms with van der Waals surface area (Å²) in [5, 5.41) is 3.90. The molecule has 0 aliphatic rings. The number of rotatable bonds is 6. The Morgan fingerprint density at radius 2 is 1.86 bits per heavy atom. The molecule has 1 N–H and O–H groups in total. The molecule has 1 aromatic heterocycles. The Balaban J connectivity index is 1.85. The summed E-state index contributed by atoms with van der Waals surface area (Å²) in [6.07, 6.45) is 0. The van der Waals surface area contributed by atoms with E-state index in [2.05, 4.69) is 4.72 Å². The molecule has 28 heavy (non-hydrogen) atoms. The van der Waals surface area contributed by atoms with E-state index in [-0.39, 0.29) is 22.1 Å². The first-order valence-corrected chi connectivity index (χ1v) is 10.8. The van der Waals surface area contributed by atoms with Crippen molar-refractivity contribution in [1.82, 2.24) is 4.90 Å². The molecule has 0 fully saturated rings. The predicted molar refractivity (Wildman–Crippen MR) is 109 cm³/mol. The van der Waals surface area contributed by atoms with E-state index < -0.39 is 15.8 Å². The Morgan fingerprint density at radius 3 is 2.50 bits per heavy atom. The molecule has 1 amide bonds. The number of thiophene rings is 1. The van der Waals surface area contributed by atoms with Crippen molar-refractivity contribution in [1.29, 1.82) is 0 Å². The minimum Gasteiger partial charge on any atom is -0.337 e. The van der Waals surface area contributed by atoms with Crippen LogP contribution in [0.1, 0.15) is 21.5 Å². The number of hydrogen-bond acceptors (Lipinski definition) is 4. The maximum atomic E-state index is 13.0. The lowest BCUT2D eigenvalue weighted by Crippen LogP contribution is -2.26. The smallest absolute Gasteiger partial charge is 0.262 e. The highest BCUT2D eigenvalue weighted by Gasteiger charge is 2.21. The molecular weight excluding hydrogens is 399 g/mol. The lowest BCUT2D eigenvalue weighted by Gasteiger charge is -2.18. The highest BCUT2D eigenvalue weighted by atomic mass is 32.2. The Labute approximate surface area is 167 Å². The normalized spacial score (nSPS) is 11.2. The van der Waals surface area contributed by atoms with Gasteiger partial charge in [-0.15, -0.1) is 0 Å². The topological polar surface area (TPSA) is 66.5 Å². The van der Waals surface area contributed by atoms with Crippen LogP contribution in [0.5, 0.6) is 0 Å². The molecule has 5 nitrogen and oxygen atoms in total. The van der Waals surface area contributed by atoms with Crippen molar-refractivity contribution in [2.75, 3.05) is 11.8 Å². The Hall–Kier alpha value is -2.71. The molecule has 3 rings (SSSR count). The van der Waals surface area contributed by atoms with Crippen LogP contribution in [0.2, 0.25) is 0 Å². The average molecular weight is 419 g/mol. The van der Waals surface area contributed by atoms with Gasteiger partial charge in [-0.2, -0.15) is 11.3 Å². The van der Waals surface area contributed by atoms with Crippen LogP contribution in [0.4, 0.5) is 10.1 Å². The van der Waals surface area contributed by atoms with E-state index in [1.165, 1.54) is 35.2 Å². The Morgan fingerprint density at radius 1 is 1.14 bits per heavy atom. The second kappa shape index (κ2) is 8.12. The summed E-state index contributed by atoms with van der Waals surface area (Å²) in [7, 11) is -2.26. The van der Waals surface area contributed by atoms with Gasteiger partial charge in [-0.1, -0.05) is 6.07 Å². The molecule has 146 valence electrons. The molecule has 0 saturated heterocycles. The number of sulfonamides is 1. The minimum absolute atomic E-state index is 0.00612. The van der Waals surface area contributed by atoms with Crippen molar-refractivity contribution in [2.24, 2.45) is 0 Å². The van der Waals surface area contributed by atoms with Crippen molar-refractivity contribution < 1.29 is 17.6 Å². The molecule has 0 unspecified atom stereocenters. The van der Waals surface area contributed by atoms with Crippen LogP contribution in [0.15, 0.2) is 64.2 Å². The molecule has 0 aliphatic carbocycles. The summed E-state index contributed by atoms with van der Waals surface area (Å²) in [6, 6.07) is 11.5. The minimum atomic E-state index is -3.93. The fourth-order valence-corrected chi connectivity index (χ4v) is 4.69. The summed E-state index contributed by atoms with van der Waals surface area (Å²) < 4.78 is 41.0. The lowest BCUT2D eigenvalue weighted by molar-refractivity contribution is 0.0785. The van der Waals surface area contributed by atoms with E-state index in [4.69, 9.17) is 0 Å². The van der Waals surface area contributed by atoms with Crippen LogP contribution in [0, 0.1) is 12.7 Å². The van der Waals surface area contributed by atoms with Crippen LogP contribution in [-0.2, 0) is 16.6 Å². The Bertz CT molecular complexity index is 1080. The number of nitrogens with zero attached hydrogens (tertiary/aromatic N) is 1. The number of aryl methyl sites for hydroxylation is 1. The fraction of sp³-hybridized carbons (Fsp3) is 0.150. The molecule has 8 heteroatoms. The third-order valence-corrected chi connectivity index (χ3v) is 6.42. The van der Waals surface area contributed by atoms with Gasteiger partial charge in [0.05, 0.1) is 4.90 Å². The number of amides is 1. The monoisotopic (exact) mass is 418 g/mol. The number of nitrogens with one attached hydrogen (secondary N) is 1. The summed E-state index contributed by atoms with van der Waals surface area (Å²) in [6.45, 7) is 2.09. The van der Waals surface area contributed by atoms with Crippen molar-refractivity contribution in [3.8, 4) is 0 Å². The first kappa shape index (κ1) is 20.0. The largest absolute Gasteiger partial charge is 0.337 e. The standard InChI is InChI=1S/C20H19FN2O3S2/c1-14-3-4-16(20(24)23(2)12-15-9-10-27-13-15)11-19(14)28(25,26)22-18-7-5-17(21)6-8-18/h3-11,13,22H,12H2,1-2H3. The molecule has 1 heterocycles. The zero-order chi connectivity index (χ0) is 20.3. The number of hydrogen-bond donors (Lipinski definition) is 1. The highest BCUT2D eigenvalue weighted by Crippen LogP contribution is 2.22. The molecule has 0 spiro atoms. The van der Waals surface area contributed by atoms with Gasteiger partial charge in [0, 0.05) is 24.8 Å². The van der Waals surface area contributed by atoms with Crippen LogP contribution >= 0.6 is 11.3 Å². The maximum Gasteiger partial charge on any atom is 0.262 e.